The minimum Gasteiger partial charge on any atom is -0.376 e. The fourth-order valence-corrected chi connectivity index (χ4v) is 1.72. The van der Waals surface area contributed by atoms with Gasteiger partial charge in [0.2, 0.25) is 5.89 Å². The smallest absolute Gasteiger partial charge is 0.223 e. The van der Waals surface area contributed by atoms with Crippen LogP contribution in [0.15, 0.2) is 4.52 Å². The second-order valence-electron chi connectivity index (χ2n) is 3.82. The SMILES string of the molecule is Cc1nc(CCOC2CCCNC2)no1.Cl. The third-order valence-electron chi connectivity index (χ3n) is 2.50. The lowest BCUT2D eigenvalue weighted by atomic mass is 10.1. The minimum atomic E-state index is 0. The Morgan fingerprint density at radius 2 is 2.44 bits per heavy atom. The van der Waals surface area contributed by atoms with E-state index in [1.54, 1.807) is 6.92 Å². The molecular formula is C10H18ClN3O2. The zero-order valence-electron chi connectivity index (χ0n) is 9.44. The number of piperidine rings is 1. The Kier molecular flexibility index (Phi) is 5.73. The average Bonchev–Trinajstić information content (AvgIpc) is 2.66. The molecule has 1 aromatic rings. The molecule has 1 N–H and O–H groups in total. The fraction of sp³-hybridized carbons (Fsp3) is 0.800. The van der Waals surface area contributed by atoms with Gasteiger partial charge in [0.25, 0.3) is 0 Å². The van der Waals surface area contributed by atoms with Gasteiger partial charge in [-0.15, -0.1) is 12.4 Å². The van der Waals surface area contributed by atoms with E-state index >= 15 is 0 Å². The van der Waals surface area contributed by atoms with Crippen molar-refractivity contribution < 1.29 is 9.26 Å². The van der Waals surface area contributed by atoms with Crippen molar-refractivity contribution in [3.05, 3.63) is 11.7 Å². The number of aromatic nitrogens is 2. The van der Waals surface area contributed by atoms with Crippen molar-refractivity contribution in [2.24, 2.45) is 0 Å². The summed E-state index contributed by atoms with van der Waals surface area (Å²) in [5.41, 5.74) is 0. The number of halogens is 1. The first-order valence-corrected chi connectivity index (χ1v) is 5.46. The van der Waals surface area contributed by atoms with Crippen molar-refractivity contribution in [1.29, 1.82) is 0 Å². The normalized spacial score (nSPS) is 20.4. The Morgan fingerprint density at radius 3 is 3.06 bits per heavy atom. The van der Waals surface area contributed by atoms with E-state index in [2.05, 4.69) is 15.5 Å². The highest BCUT2D eigenvalue weighted by atomic mass is 35.5. The molecule has 0 amide bonds. The van der Waals surface area contributed by atoms with Crippen LogP contribution in [0.1, 0.15) is 24.6 Å². The van der Waals surface area contributed by atoms with Gasteiger partial charge in [0, 0.05) is 19.9 Å². The van der Waals surface area contributed by atoms with E-state index in [1.165, 1.54) is 6.42 Å². The summed E-state index contributed by atoms with van der Waals surface area (Å²) in [6.07, 6.45) is 3.43. The van der Waals surface area contributed by atoms with Gasteiger partial charge in [-0.3, -0.25) is 0 Å². The summed E-state index contributed by atoms with van der Waals surface area (Å²) in [4.78, 5) is 4.12. The van der Waals surface area contributed by atoms with Crippen molar-refractivity contribution in [2.45, 2.75) is 32.3 Å². The number of hydrogen-bond donors (Lipinski definition) is 1. The summed E-state index contributed by atoms with van der Waals surface area (Å²) < 4.78 is 10.6. The molecule has 1 fully saturated rings. The Labute approximate surface area is 101 Å². The van der Waals surface area contributed by atoms with Gasteiger partial charge in [0.05, 0.1) is 12.7 Å². The monoisotopic (exact) mass is 247 g/mol. The first kappa shape index (κ1) is 13.4. The molecule has 0 saturated carbocycles. The maximum atomic E-state index is 5.71. The van der Waals surface area contributed by atoms with Crippen LogP contribution in [-0.4, -0.2) is 35.9 Å². The Hall–Kier alpha value is -0.650. The van der Waals surface area contributed by atoms with E-state index in [0.717, 1.165) is 31.8 Å². The lowest BCUT2D eigenvalue weighted by molar-refractivity contribution is 0.0381. The van der Waals surface area contributed by atoms with E-state index < -0.39 is 0 Å². The van der Waals surface area contributed by atoms with Crippen LogP contribution in [0.25, 0.3) is 0 Å². The summed E-state index contributed by atoms with van der Waals surface area (Å²) in [7, 11) is 0. The molecule has 2 heterocycles. The van der Waals surface area contributed by atoms with Crippen LogP contribution < -0.4 is 5.32 Å². The van der Waals surface area contributed by atoms with Crippen molar-refractivity contribution in [2.75, 3.05) is 19.7 Å². The molecule has 16 heavy (non-hydrogen) atoms. The molecule has 1 aromatic heterocycles. The van der Waals surface area contributed by atoms with E-state index in [1.807, 2.05) is 0 Å². The Balaban J connectivity index is 0.00000128. The van der Waals surface area contributed by atoms with Crippen LogP contribution in [-0.2, 0) is 11.2 Å². The summed E-state index contributed by atoms with van der Waals surface area (Å²) in [6.45, 7) is 4.54. The molecule has 1 aliphatic rings. The number of nitrogens with one attached hydrogen (secondary N) is 1. The van der Waals surface area contributed by atoms with Crippen molar-refractivity contribution >= 4 is 12.4 Å². The van der Waals surface area contributed by atoms with Gasteiger partial charge < -0.3 is 14.6 Å². The molecule has 0 spiro atoms. The lowest BCUT2D eigenvalue weighted by Crippen LogP contribution is -2.35. The van der Waals surface area contributed by atoms with Gasteiger partial charge in [-0.05, 0) is 19.4 Å². The van der Waals surface area contributed by atoms with Gasteiger partial charge in [-0.25, -0.2) is 0 Å². The van der Waals surface area contributed by atoms with E-state index in [0.29, 0.717) is 18.6 Å². The molecule has 5 nitrogen and oxygen atoms in total. The topological polar surface area (TPSA) is 60.2 Å². The number of ether oxygens (including phenoxy) is 1. The Bertz CT molecular complexity index is 300. The summed E-state index contributed by atoms with van der Waals surface area (Å²) in [6, 6.07) is 0. The van der Waals surface area contributed by atoms with Crippen molar-refractivity contribution in [3.63, 3.8) is 0 Å². The molecular weight excluding hydrogens is 230 g/mol. The number of hydrogen-bond acceptors (Lipinski definition) is 5. The first-order valence-electron chi connectivity index (χ1n) is 5.46. The zero-order valence-corrected chi connectivity index (χ0v) is 10.3. The summed E-state index contributed by atoms with van der Waals surface area (Å²) in [5.74, 6) is 1.35. The van der Waals surface area contributed by atoms with E-state index in [-0.39, 0.29) is 12.4 Å². The molecule has 0 radical (unpaired) electrons. The average molecular weight is 248 g/mol. The molecule has 2 rings (SSSR count). The third kappa shape index (κ3) is 4.08. The zero-order chi connectivity index (χ0) is 10.5. The predicted octanol–water partition coefficient (Wildman–Crippen LogP) is 1.11. The van der Waals surface area contributed by atoms with Crippen molar-refractivity contribution in [1.82, 2.24) is 15.5 Å². The van der Waals surface area contributed by atoms with E-state index in [9.17, 15) is 0 Å². The lowest BCUT2D eigenvalue weighted by Gasteiger charge is -2.22. The maximum absolute atomic E-state index is 5.71. The Morgan fingerprint density at radius 1 is 1.56 bits per heavy atom. The first-order chi connectivity index (χ1) is 7.34. The molecule has 92 valence electrons. The molecule has 0 aromatic carbocycles. The van der Waals surface area contributed by atoms with Crippen LogP contribution in [0.2, 0.25) is 0 Å². The van der Waals surface area contributed by atoms with Crippen LogP contribution in [0.5, 0.6) is 0 Å². The largest absolute Gasteiger partial charge is 0.376 e. The standard InChI is InChI=1S/C10H17N3O2.ClH/c1-8-12-10(13-15-8)4-6-14-9-3-2-5-11-7-9;/h9,11H,2-7H2,1H3;1H. The fourth-order valence-electron chi connectivity index (χ4n) is 1.72. The van der Waals surface area contributed by atoms with Gasteiger partial charge in [0.15, 0.2) is 5.82 Å². The highest BCUT2D eigenvalue weighted by Gasteiger charge is 2.13. The maximum Gasteiger partial charge on any atom is 0.223 e. The third-order valence-corrected chi connectivity index (χ3v) is 2.50. The van der Waals surface area contributed by atoms with Crippen molar-refractivity contribution in [3.8, 4) is 0 Å². The number of rotatable bonds is 4. The van der Waals surface area contributed by atoms with Gasteiger partial charge >= 0.3 is 0 Å². The van der Waals surface area contributed by atoms with Crippen LogP contribution in [0.3, 0.4) is 0 Å². The summed E-state index contributed by atoms with van der Waals surface area (Å²) in [5, 5.41) is 7.13. The van der Waals surface area contributed by atoms with Crippen LogP contribution >= 0.6 is 12.4 Å². The van der Waals surface area contributed by atoms with Gasteiger partial charge in [-0.1, -0.05) is 5.16 Å². The molecule has 0 aliphatic carbocycles. The highest BCUT2D eigenvalue weighted by Crippen LogP contribution is 2.06. The second-order valence-corrected chi connectivity index (χ2v) is 3.82. The van der Waals surface area contributed by atoms with Crippen LogP contribution in [0, 0.1) is 6.92 Å². The second kappa shape index (κ2) is 6.83. The molecule has 1 unspecified atom stereocenters. The molecule has 1 aliphatic heterocycles. The number of nitrogens with zero attached hydrogens (tertiary/aromatic N) is 2. The summed E-state index contributed by atoms with van der Waals surface area (Å²) >= 11 is 0. The van der Waals surface area contributed by atoms with Gasteiger partial charge in [0.1, 0.15) is 0 Å². The highest BCUT2D eigenvalue weighted by molar-refractivity contribution is 5.85. The van der Waals surface area contributed by atoms with Crippen LogP contribution in [0.4, 0.5) is 0 Å². The minimum absolute atomic E-state index is 0. The quantitative estimate of drug-likeness (QED) is 0.864. The van der Waals surface area contributed by atoms with Gasteiger partial charge in [-0.2, -0.15) is 4.98 Å². The number of aryl methyl sites for hydroxylation is 1. The molecule has 1 atom stereocenters. The molecule has 6 heteroatoms. The van der Waals surface area contributed by atoms with E-state index in [4.69, 9.17) is 9.26 Å². The molecule has 0 bridgehead atoms. The predicted molar refractivity (Wildman–Crippen MR) is 61.8 cm³/mol. The molecule has 1 saturated heterocycles.